The Balaban J connectivity index is 2.60. The van der Waals surface area contributed by atoms with Crippen LogP contribution in [0.3, 0.4) is 0 Å². The number of hydrogen-bond acceptors (Lipinski definition) is 3. The molecule has 0 aliphatic rings. The largest absolute Gasteiger partial charge is 0.479 e. The van der Waals surface area contributed by atoms with Crippen molar-refractivity contribution >= 4 is 5.97 Å². The van der Waals surface area contributed by atoms with E-state index in [4.69, 9.17) is 15.6 Å². The lowest BCUT2D eigenvalue weighted by Crippen LogP contribution is -2.22. The van der Waals surface area contributed by atoms with Crippen molar-refractivity contribution in [3.05, 3.63) is 29.8 Å². The summed E-state index contributed by atoms with van der Waals surface area (Å²) in [6, 6.07) is 7.28. The van der Waals surface area contributed by atoms with Gasteiger partial charge in [-0.1, -0.05) is 12.1 Å². The summed E-state index contributed by atoms with van der Waals surface area (Å²) in [5.74, 6) is -0.410. The summed E-state index contributed by atoms with van der Waals surface area (Å²) in [4.78, 5) is 10.5. The molecule has 82 valence electrons. The minimum Gasteiger partial charge on any atom is -0.479 e. The second kappa shape index (κ2) is 5.36. The van der Waals surface area contributed by atoms with Crippen molar-refractivity contribution in [3.8, 4) is 5.75 Å². The van der Waals surface area contributed by atoms with Crippen LogP contribution in [-0.2, 0) is 11.2 Å². The standard InChI is InChI=1S/C11H15NO3/c1-8(11(13)14)15-10-4-2-9(3-5-10)6-7-12/h2-5,8H,6-7,12H2,1H3,(H,13,14). The summed E-state index contributed by atoms with van der Waals surface area (Å²) in [6.45, 7) is 2.10. The van der Waals surface area contributed by atoms with Crippen LogP contribution in [0.5, 0.6) is 5.75 Å². The van der Waals surface area contributed by atoms with Crippen LogP contribution < -0.4 is 10.5 Å². The number of hydrogen-bond donors (Lipinski definition) is 2. The molecular formula is C11H15NO3. The van der Waals surface area contributed by atoms with E-state index in [9.17, 15) is 4.79 Å². The molecule has 0 spiro atoms. The van der Waals surface area contributed by atoms with Gasteiger partial charge in [-0.05, 0) is 37.6 Å². The van der Waals surface area contributed by atoms with Crippen LogP contribution >= 0.6 is 0 Å². The molecule has 0 heterocycles. The fraction of sp³-hybridized carbons (Fsp3) is 0.364. The summed E-state index contributed by atoms with van der Waals surface area (Å²) in [5.41, 5.74) is 6.53. The monoisotopic (exact) mass is 209 g/mol. The molecule has 0 radical (unpaired) electrons. The number of carboxylic acid groups (broad SMARTS) is 1. The van der Waals surface area contributed by atoms with Gasteiger partial charge in [0.05, 0.1) is 0 Å². The lowest BCUT2D eigenvalue weighted by atomic mass is 10.1. The van der Waals surface area contributed by atoms with Crippen molar-refractivity contribution in [2.45, 2.75) is 19.4 Å². The first-order chi connectivity index (χ1) is 7.13. The van der Waals surface area contributed by atoms with Crippen molar-refractivity contribution in [2.24, 2.45) is 5.73 Å². The first kappa shape index (κ1) is 11.5. The van der Waals surface area contributed by atoms with E-state index in [1.165, 1.54) is 6.92 Å². The maximum absolute atomic E-state index is 10.5. The van der Waals surface area contributed by atoms with E-state index in [2.05, 4.69) is 0 Å². The van der Waals surface area contributed by atoms with Crippen molar-refractivity contribution in [1.82, 2.24) is 0 Å². The summed E-state index contributed by atoms with van der Waals surface area (Å²) >= 11 is 0. The molecule has 0 aromatic heterocycles. The van der Waals surface area contributed by atoms with Crippen LogP contribution in [0.25, 0.3) is 0 Å². The minimum absolute atomic E-state index is 0.561. The van der Waals surface area contributed by atoms with Crippen molar-refractivity contribution in [2.75, 3.05) is 6.54 Å². The number of nitrogens with two attached hydrogens (primary N) is 1. The van der Waals surface area contributed by atoms with Crippen molar-refractivity contribution < 1.29 is 14.6 Å². The molecule has 3 N–H and O–H groups in total. The van der Waals surface area contributed by atoms with Crippen LogP contribution in [0.1, 0.15) is 12.5 Å². The Morgan fingerprint density at radius 1 is 1.47 bits per heavy atom. The zero-order valence-electron chi connectivity index (χ0n) is 8.64. The maximum atomic E-state index is 10.5. The summed E-state index contributed by atoms with van der Waals surface area (Å²) in [7, 11) is 0. The highest BCUT2D eigenvalue weighted by molar-refractivity contribution is 5.72. The first-order valence-electron chi connectivity index (χ1n) is 4.82. The van der Waals surface area contributed by atoms with E-state index in [0.717, 1.165) is 12.0 Å². The Hall–Kier alpha value is -1.55. The SMILES string of the molecule is CC(Oc1ccc(CCN)cc1)C(=O)O. The summed E-state index contributed by atoms with van der Waals surface area (Å²) in [6.07, 6.45) is -0.0141. The highest BCUT2D eigenvalue weighted by Gasteiger charge is 2.11. The molecule has 0 aliphatic carbocycles. The molecule has 4 heteroatoms. The predicted octanol–water partition coefficient (Wildman–Crippen LogP) is 1.04. The number of ether oxygens (including phenoxy) is 1. The molecular weight excluding hydrogens is 194 g/mol. The zero-order chi connectivity index (χ0) is 11.3. The molecule has 0 saturated heterocycles. The number of benzene rings is 1. The molecule has 0 amide bonds. The number of rotatable bonds is 5. The minimum atomic E-state index is -0.971. The highest BCUT2D eigenvalue weighted by atomic mass is 16.5. The van der Waals surface area contributed by atoms with Gasteiger partial charge < -0.3 is 15.6 Å². The van der Waals surface area contributed by atoms with Gasteiger partial charge in [-0.15, -0.1) is 0 Å². The third-order valence-electron chi connectivity index (χ3n) is 2.02. The van der Waals surface area contributed by atoms with E-state index in [1.54, 1.807) is 12.1 Å². The van der Waals surface area contributed by atoms with Gasteiger partial charge in [0.2, 0.25) is 0 Å². The van der Waals surface area contributed by atoms with E-state index in [1.807, 2.05) is 12.1 Å². The van der Waals surface area contributed by atoms with Crippen LogP contribution in [0.4, 0.5) is 0 Å². The van der Waals surface area contributed by atoms with Gasteiger partial charge in [0.15, 0.2) is 6.10 Å². The van der Waals surface area contributed by atoms with Gasteiger partial charge in [0, 0.05) is 0 Å². The lowest BCUT2D eigenvalue weighted by Gasteiger charge is -2.10. The van der Waals surface area contributed by atoms with Crippen molar-refractivity contribution in [3.63, 3.8) is 0 Å². The van der Waals surface area contributed by atoms with Gasteiger partial charge in [0.25, 0.3) is 0 Å². The van der Waals surface area contributed by atoms with Gasteiger partial charge in [-0.25, -0.2) is 4.79 Å². The average molecular weight is 209 g/mol. The Bertz CT molecular complexity index is 321. The third-order valence-corrected chi connectivity index (χ3v) is 2.02. The molecule has 4 nitrogen and oxygen atoms in total. The topological polar surface area (TPSA) is 72.5 Å². The van der Waals surface area contributed by atoms with Gasteiger partial charge in [-0.3, -0.25) is 0 Å². The van der Waals surface area contributed by atoms with Crippen LogP contribution in [0.15, 0.2) is 24.3 Å². The first-order valence-corrected chi connectivity index (χ1v) is 4.82. The quantitative estimate of drug-likeness (QED) is 0.760. The summed E-state index contributed by atoms with van der Waals surface area (Å²) in [5, 5.41) is 8.64. The zero-order valence-corrected chi connectivity index (χ0v) is 8.64. The number of carbonyl (C=O) groups is 1. The van der Waals surface area contributed by atoms with Gasteiger partial charge >= 0.3 is 5.97 Å². The average Bonchev–Trinajstić information content (AvgIpc) is 2.21. The van der Waals surface area contributed by atoms with E-state index >= 15 is 0 Å². The van der Waals surface area contributed by atoms with Gasteiger partial charge in [-0.2, -0.15) is 0 Å². The van der Waals surface area contributed by atoms with Crippen LogP contribution in [0.2, 0.25) is 0 Å². The lowest BCUT2D eigenvalue weighted by molar-refractivity contribution is -0.144. The van der Waals surface area contributed by atoms with Crippen LogP contribution in [-0.4, -0.2) is 23.7 Å². The molecule has 1 aromatic carbocycles. The summed E-state index contributed by atoms with van der Waals surface area (Å²) < 4.78 is 5.18. The van der Waals surface area contributed by atoms with E-state index < -0.39 is 12.1 Å². The highest BCUT2D eigenvalue weighted by Crippen LogP contribution is 2.14. The third kappa shape index (κ3) is 3.59. The fourth-order valence-electron chi connectivity index (χ4n) is 1.16. The molecule has 15 heavy (non-hydrogen) atoms. The number of aliphatic carboxylic acids is 1. The molecule has 1 atom stereocenters. The van der Waals surface area contributed by atoms with E-state index in [-0.39, 0.29) is 0 Å². The van der Waals surface area contributed by atoms with Crippen molar-refractivity contribution in [1.29, 1.82) is 0 Å². The predicted molar refractivity (Wildman–Crippen MR) is 56.9 cm³/mol. The fourth-order valence-corrected chi connectivity index (χ4v) is 1.16. The van der Waals surface area contributed by atoms with Crippen LogP contribution in [0, 0.1) is 0 Å². The maximum Gasteiger partial charge on any atom is 0.344 e. The number of carboxylic acids is 1. The second-order valence-electron chi connectivity index (χ2n) is 3.28. The Kier molecular flexibility index (Phi) is 4.12. The van der Waals surface area contributed by atoms with E-state index in [0.29, 0.717) is 12.3 Å². The Morgan fingerprint density at radius 2 is 2.07 bits per heavy atom. The molecule has 1 aromatic rings. The Labute approximate surface area is 88.7 Å². The molecule has 0 bridgehead atoms. The second-order valence-corrected chi connectivity index (χ2v) is 3.28. The molecule has 0 fully saturated rings. The Morgan fingerprint density at radius 3 is 2.53 bits per heavy atom. The molecule has 1 unspecified atom stereocenters. The molecule has 0 aliphatic heterocycles. The smallest absolute Gasteiger partial charge is 0.344 e. The normalized spacial score (nSPS) is 12.1. The van der Waals surface area contributed by atoms with Gasteiger partial charge in [0.1, 0.15) is 5.75 Å². The molecule has 0 saturated carbocycles. The molecule has 1 rings (SSSR count).